The van der Waals surface area contributed by atoms with Gasteiger partial charge in [0.25, 0.3) is 0 Å². The number of aliphatic hydroxyl groups is 1. The second-order valence-corrected chi connectivity index (χ2v) is 14.0. The molecule has 0 spiro atoms. The fraction of sp³-hybridized carbons (Fsp3) is 0.625. The molecule has 3 aromatic rings. The number of carbonyl (C=O) groups is 1. The zero-order valence-corrected chi connectivity index (χ0v) is 24.2. The predicted octanol–water partition coefficient (Wildman–Crippen LogP) is 6.89. The van der Waals surface area contributed by atoms with Gasteiger partial charge >= 0.3 is 0 Å². The number of amides is 1. The second-order valence-electron chi connectivity index (χ2n) is 14.0. The third-order valence-electron chi connectivity index (χ3n) is 10.2. The number of halogens is 2. The maximum absolute atomic E-state index is 13.8. The molecule has 2 aromatic heterocycles. The molecule has 5 saturated carbocycles. The van der Waals surface area contributed by atoms with E-state index in [-0.39, 0.29) is 41.9 Å². The van der Waals surface area contributed by atoms with E-state index in [9.17, 15) is 18.7 Å². The molecule has 0 unspecified atom stereocenters. The third-order valence-corrected chi connectivity index (χ3v) is 10.2. The lowest BCUT2D eigenvalue weighted by Gasteiger charge is -2.53. The number of fused-ring (bicyclic) bond motifs is 3. The normalized spacial score (nSPS) is 27.2. The Morgan fingerprint density at radius 2 is 1.81 bits per heavy atom. The van der Waals surface area contributed by atoms with Gasteiger partial charge in [0, 0.05) is 48.4 Å². The standard InChI is InChI=1S/C32H38F2N4O4/c1-29(2,40)24-18-41-27(35-24)22-4-3-5-23(15-22)38(25(39)14-20-16-32(33,34)17-20)19-30-8-11-31(12-9-30,13-10-30)28-36-26(37-42-28)21-6-7-21/h3-5,15,18,20-21,40H,6-14,16-17,19H2,1-2H3. The molecule has 2 heterocycles. The lowest BCUT2D eigenvalue weighted by Crippen LogP contribution is -2.51. The van der Waals surface area contributed by atoms with Crippen LogP contribution in [-0.2, 0) is 15.8 Å². The Morgan fingerprint density at radius 1 is 1.10 bits per heavy atom. The molecular weight excluding hydrogens is 542 g/mol. The van der Waals surface area contributed by atoms with E-state index in [0.717, 1.165) is 63.1 Å². The van der Waals surface area contributed by atoms with Crippen LogP contribution in [0.1, 0.15) is 108 Å². The molecule has 8 nitrogen and oxygen atoms in total. The number of carbonyl (C=O) groups excluding carboxylic acids is 1. The average molecular weight is 581 g/mol. The number of benzene rings is 1. The molecule has 1 N–H and O–H groups in total. The summed E-state index contributed by atoms with van der Waals surface area (Å²) in [6.07, 6.45) is 8.97. The van der Waals surface area contributed by atoms with Crippen LogP contribution in [0.3, 0.4) is 0 Å². The fourth-order valence-electron chi connectivity index (χ4n) is 7.22. The van der Waals surface area contributed by atoms with E-state index in [4.69, 9.17) is 13.9 Å². The van der Waals surface area contributed by atoms with Gasteiger partial charge in [-0.2, -0.15) is 4.98 Å². The lowest BCUT2D eigenvalue weighted by molar-refractivity contribution is -0.132. The predicted molar refractivity (Wildman–Crippen MR) is 150 cm³/mol. The average Bonchev–Trinajstić information content (AvgIpc) is 3.43. The monoisotopic (exact) mass is 580 g/mol. The Hall–Kier alpha value is -3.14. The SMILES string of the molecule is CC(C)(O)c1coc(-c2cccc(N(CC34CCC(c5nc(C6CC6)no5)(CC3)CC4)C(=O)CC3CC(F)(F)C3)c2)n1. The van der Waals surface area contributed by atoms with E-state index in [1.54, 1.807) is 13.8 Å². The van der Waals surface area contributed by atoms with Crippen molar-refractivity contribution in [2.75, 3.05) is 11.4 Å². The molecule has 0 saturated heterocycles. The Morgan fingerprint density at radius 3 is 2.43 bits per heavy atom. The van der Waals surface area contributed by atoms with Crippen LogP contribution in [-0.4, -0.2) is 38.6 Å². The van der Waals surface area contributed by atoms with Gasteiger partial charge in [0.1, 0.15) is 17.6 Å². The highest BCUT2D eigenvalue weighted by Gasteiger charge is 2.53. The van der Waals surface area contributed by atoms with Crippen LogP contribution in [0.2, 0.25) is 0 Å². The summed E-state index contributed by atoms with van der Waals surface area (Å²) in [4.78, 5) is 24.9. The lowest BCUT2D eigenvalue weighted by atomic mass is 9.53. The van der Waals surface area contributed by atoms with Crippen LogP contribution in [0.5, 0.6) is 0 Å². The molecule has 5 aliphatic rings. The molecule has 5 aliphatic carbocycles. The minimum atomic E-state index is -2.66. The molecule has 5 fully saturated rings. The van der Waals surface area contributed by atoms with Crippen molar-refractivity contribution in [3.05, 3.63) is 47.9 Å². The number of anilines is 1. The molecule has 8 rings (SSSR count). The summed E-state index contributed by atoms with van der Waals surface area (Å²) in [6.45, 7) is 3.82. The van der Waals surface area contributed by atoms with Gasteiger partial charge in [-0.3, -0.25) is 4.79 Å². The van der Waals surface area contributed by atoms with Crippen molar-refractivity contribution in [3.63, 3.8) is 0 Å². The first-order valence-electron chi connectivity index (χ1n) is 15.2. The van der Waals surface area contributed by atoms with Crippen LogP contribution in [0.4, 0.5) is 14.5 Å². The van der Waals surface area contributed by atoms with E-state index in [1.165, 1.54) is 6.26 Å². The van der Waals surface area contributed by atoms with E-state index in [2.05, 4.69) is 10.1 Å². The number of nitrogens with zero attached hydrogens (tertiary/aromatic N) is 4. The molecular formula is C32H38F2N4O4. The van der Waals surface area contributed by atoms with Crippen LogP contribution < -0.4 is 4.90 Å². The first-order chi connectivity index (χ1) is 19.9. The summed E-state index contributed by atoms with van der Waals surface area (Å²) in [5.74, 6) is -0.666. The van der Waals surface area contributed by atoms with E-state index < -0.39 is 11.5 Å². The van der Waals surface area contributed by atoms with Gasteiger partial charge in [-0.15, -0.1) is 0 Å². The smallest absolute Gasteiger partial charge is 0.248 e. The highest BCUT2D eigenvalue weighted by atomic mass is 19.3. The van der Waals surface area contributed by atoms with Crippen LogP contribution >= 0.6 is 0 Å². The third kappa shape index (κ3) is 5.16. The quantitative estimate of drug-likeness (QED) is 0.294. The van der Waals surface area contributed by atoms with Crippen molar-refractivity contribution in [1.82, 2.24) is 15.1 Å². The summed E-state index contributed by atoms with van der Waals surface area (Å²) in [6, 6.07) is 7.47. The van der Waals surface area contributed by atoms with Gasteiger partial charge in [0.2, 0.25) is 23.6 Å². The number of rotatable bonds is 9. The minimum absolute atomic E-state index is 0.0622. The molecule has 1 aromatic carbocycles. The fourth-order valence-corrected chi connectivity index (χ4v) is 7.22. The molecule has 1 amide bonds. The van der Waals surface area contributed by atoms with Crippen molar-refractivity contribution in [2.45, 2.75) is 107 Å². The topological polar surface area (TPSA) is 105 Å². The zero-order valence-electron chi connectivity index (χ0n) is 24.2. The molecule has 0 aliphatic heterocycles. The van der Waals surface area contributed by atoms with Crippen molar-refractivity contribution in [1.29, 1.82) is 0 Å². The molecule has 0 atom stereocenters. The molecule has 224 valence electrons. The molecule has 0 radical (unpaired) electrons. The van der Waals surface area contributed by atoms with Crippen LogP contribution in [0.25, 0.3) is 11.5 Å². The number of aromatic nitrogens is 3. The zero-order chi connectivity index (χ0) is 29.3. The Balaban J connectivity index is 1.13. The van der Waals surface area contributed by atoms with Crippen LogP contribution in [0.15, 0.2) is 39.5 Å². The summed E-state index contributed by atoms with van der Waals surface area (Å²) < 4.78 is 38.7. The molecule has 10 heteroatoms. The van der Waals surface area contributed by atoms with Crippen LogP contribution in [0, 0.1) is 11.3 Å². The van der Waals surface area contributed by atoms with Crippen molar-refractivity contribution in [3.8, 4) is 11.5 Å². The maximum atomic E-state index is 13.8. The molecule has 2 bridgehead atoms. The summed E-state index contributed by atoms with van der Waals surface area (Å²) in [5, 5.41) is 14.6. The first kappa shape index (κ1) is 27.7. The Labute approximate surface area is 243 Å². The number of oxazole rings is 1. The van der Waals surface area contributed by atoms with Crippen molar-refractivity contribution < 1.29 is 27.6 Å². The van der Waals surface area contributed by atoms with Crippen molar-refractivity contribution >= 4 is 11.6 Å². The summed E-state index contributed by atoms with van der Waals surface area (Å²) in [7, 11) is 0. The summed E-state index contributed by atoms with van der Waals surface area (Å²) >= 11 is 0. The Bertz CT molecular complexity index is 1450. The van der Waals surface area contributed by atoms with E-state index in [0.29, 0.717) is 35.3 Å². The highest BCUT2D eigenvalue weighted by molar-refractivity contribution is 5.94. The summed E-state index contributed by atoms with van der Waals surface area (Å²) in [5.41, 5.74) is 0.504. The van der Waals surface area contributed by atoms with Gasteiger partial charge in [-0.25, -0.2) is 13.8 Å². The number of hydrogen-bond acceptors (Lipinski definition) is 7. The number of alkyl halides is 2. The van der Waals surface area contributed by atoms with Crippen molar-refractivity contribution in [2.24, 2.45) is 11.3 Å². The van der Waals surface area contributed by atoms with Gasteiger partial charge in [-0.05, 0) is 94.7 Å². The largest absolute Gasteiger partial charge is 0.444 e. The van der Waals surface area contributed by atoms with Gasteiger partial charge in [0.15, 0.2) is 5.82 Å². The first-order valence-corrected chi connectivity index (χ1v) is 15.2. The number of hydrogen-bond donors (Lipinski definition) is 1. The highest BCUT2D eigenvalue weighted by Crippen LogP contribution is 2.58. The minimum Gasteiger partial charge on any atom is -0.444 e. The van der Waals surface area contributed by atoms with E-state index >= 15 is 0 Å². The van der Waals surface area contributed by atoms with Gasteiger partial charge < -0.3 is 18.9 Å². The van der Waals surface area contributed by atoms with E-state index in [1.807, 2.05) is 29.2 Å². The molecule has 42 heavy (non-hydrogen) atoms. The van der Waals surface area contributed by atoms with Gasteiger partial charge in [-0.1, -0.05) is 11.2 Å². The second kappa shape index (κ2) is 9.69. The Kier molecular flexibility index (Phi) is 6.39. The maximum Gasteiger partial charge on any atom is 0.248 e. The van der Waals surface area contributed by atoms with Gasteiger partial charge in [0.05, 0.1) is 0 Å².